The lowest BCUT2D eigenvalue weighted by Crippen LogP contribution is -3.11. The Bertz CT molecular complexity index is 754. The van der Waals surface area contributed by atoms with E-state index in [1.807, 2.05) is 12.1 Å². The third kappa shape index (κ3) is 2.48. The van der Waals surface area contributed by atoms with Crippen LogP contribution in [0, 0.1) is 0 Å². The van der Waals surface area contributed by atoms with Crippen LogP contribution in [0.2, 0.25) is 0 Å². The fraction of sp³-hybridized carbons (Fsp3) is 0.353. The molecule has 2 aliphatic rings. The van der Waals surface area contributed by atoms with Crippen molar-refractivity contribution in [2.75, 3.05) is 18.4 Å². The molecular formula is C17H20N3O2S+. The highest BCUT2D eigenvalue weighted by Crippen LogP contribution is 2.39. The summed E-state index contributed by atoms with van der Waals surface area (Å²) in [6.45, 7) is 5.45. The molecule has 2 atom stereocenters. The smallest absolute Gasteiger partial charge is 0.256 e. The number of likely N-dealkylation sites (N-methyl/N-ethyl adjacent to an activating group) is 1. The average molecular weight is 330 g/mol. The van der Waals surface area contributed by atoms with Gasteiger partial charge in [0.1, 0.15) is 23.5 Å². The first-order valence-electron chi connectivity index (χ1n) is 8.00. The van der Waals surface area contributed by atoms with Crippen molar-refractivity contribution in [2.24, 2.45) is 0 Å². The Morgan fingerprint density at radius 1 is 1.30 bits per heavy atom. The molecule has 1 aromatic heterocycles. The van der Waals surface area contributed by atoms with E-state index in [2.05, 4.69) is 17.6 Å². The monoisotopic (exact) mass is 330 g/mol. The summed E-state index contributed by atoms with van der Waals surface area (Å²) in [5, 5.41) is 16.9. The second-order valence-corrected chi connectivity index (χ2v) is 7.24. The number of amides is 1. The summed E-state index contributed by atoms with van der Waals surface area (Å²) in [4.78, 5) is 15.5. The number of fused-ring (bicyclic) bond motifs is 3. The van der Waals surface area contributed by atoms with E-state index in [4.69, 9.17) is 0 Å². The van der Waals surface area contributed by atoms with Gasteiger partial charge in [-0.05, 0) is 30.2 Å². The van der Waals surface area contributed by atoms with Crippen LogP contribution in [0.1, 0.15) is 39.5 Å². The number of phenols is 1. The number of rotatable bonds is 2. The van der Waals surface area contributed by atoms with Gasteiger partial charge in [0, 0.05) is 6.42 Å². The van der Waals surface area contributed by atoms with Gasteiger partial charge in [-0.3, -0.25) is 4.79 Å². The van der Waals surface area contributed by atoms with Gasteiger partial charge in [-0.15, -0.1) is 11.3 Å². The van der Waals surface area contributed by atoms with E-state index in [0.717, 1.165) is 42.2 Å². The number of carbonyl (C=O) groups excluding carboxylic acids is 1. The molecule has 23 heavy (non-hydrogen) atoms. The summed E-state index contributed by atoms with van der Waals surface area (Å²) in [6.07, 6.45) is 0.730. The number of hydrogen-bond donors (Lipinski definition) is 4. The SMILES string of the molecule is CC[NH+]1CCc2c(sc3c2C(=O)N[C@@H](c2ccc(O)cc2)N3)C1. The van der Waals surface area contributed by atoms with Gasteiger partial charge in [0.15, 0.2) is 0 Å². The standard InChI is InChI=1S/C17H19N3O2S/c1-2-20-8-7-12-13(9-20)23-17-14(12)16(22)18-15(19-17)10-3-5-11(21)6-4-10/h3-6,15,19,21H,2,7-9H2,1H3,(H,18,22)/p+1/t15-/m1/s1. The van der Waals surface area contributed by atoms with Gasteiger partial charge in [0.05, 0.1) is 23.5 Å². The first-order chi connectivity index (χ1) is 11.2. The first-order valence-corrected chi connectivity index (χ1v) is 8.81. The number of anilines is 1. The Kier molecular flexibility index (Phi) is 3.50. The maximum absolute atomic E-state index is 12.6. The minimum absolute atomic E-state index is 0.00859. The molecule has 1 amide bonds. The van der Waals surface area contributed by atoms with Crippen LogP contribution in [0.25, 0.3) is 0 Å². The van der Waals surface area contributed by atoms with Gasteiger partial charge in [0.2, 0.25) is 0 Å². The first kappa shape index (κ1) is 14.5. The molecular weight excluding hydrogens is 310 g/mol. The van der Waals surface area contributed by atoms with E-state index in [1.54, 1.807) is 28.4 Å². The highest BCUT2D eigenvalue weighted by atomic mass is 32.1. The molecule has 0 aliphatic carbocycles. The van der Waals surface area contributed by atoms with Gasteiger partial charge < -0.3 is 20.6 Å². The number of aromatic hydroxyl groups is 1. The number of quaternary nitrogens is 1. The molecule has 0 fully saturated rings. The maximum Gasteiger partial charge on any atom is 0.256 e. The molecule has 1 unspecified atom stereocenters. The molecule has 3 heterocycles. The molecule has 5 nitrogen and oxygen atoms in total. The Labute approximate surface area is 138 Å². The van der Waals surface area contributed by atoms with E-state index in [0.29, 0.717) is 0 Å². The number of carbonyl (C=O) groups is 1. The summed E-state index contributed by atoms with van der Waals surface area (Å²) < 4.78 is 0. The quantitative estimate of drug-likeness (QED) is 0.670. The molecule has 0 bridgehead atoms. The Hall–Kier alpha value is -2.05. The van der Waals surface area contributed by atoms with E-state index >= 15 is 0 Å². The van der Waals surface area contributed by atoms with Crippen LogP contribution in [0.15, 0.2) is 24.3 Å². The molecule has 1 aromatic carbocycles. The normalized spacial score (nSPS) is 22.7. The lowest BCUT2D eigenvalue weighted by atomic mass is 10.0. The third-order valence-corrected chi connectivity index (χ3v) is 5.90. The van der Waals surface area contributed by atoms with E-state index in [-0.39, 0.29) is 17.8 Å². The van der Waals surface area contributed by atoms with Crippen LogP contribution in [-0.2, 0) is 13.0 Å². The van der Waals surface area contributed by atoms with E-state index < -0.39 is 0 Å². The van der Waals surface area contributed by atoms with Crippen molar-refractivity contribution in [3.8, 4) is 5.75 Å². The van der Waals surface area contributed by atoms with Crippen LogP contribution < -0.4 is 15.5 Å². The minimum atomic E-state index is -0.245. The molecule has 6 heteroatoms. The van der Waals surface area contributed by atoms with Crippen molar-refractivity contribution >= 4 is 22.2 Å². The van der Waals surface area contributed by atoms with Crippen molar-refractivity contribution in [2.45, 2.75) is 26.1 Å². The van der Waals surface area contributed by atoms with Gasteiger partial charge >= 0.3 is 0 Å². The minimum Gasteiger partial charge on any atom is -0.508 e. The van der Waals surface area contributed by atoms with Gasteiger partial charge in [-0.1, -0.05) is 12.1 Å². The van der Waals surface area contributed by atoms with Gasteiger partial charge in [-0.25, -0.2) is 0 Å². The van der Waals surface area contributed by atoms with E-state index in [9.17, 15) is 9.90 Å². The molecule has 4 N–H and O–H groups in total. The molecule has 0 saturated carbocycles. The maximum atomic E-state index is 12.6. The fourth-order valence-corrected chi connectivity index (χ4v) is 4.73. The number of benzene rings is 1. The van der Waals surface area contributed by atoms with Crippen LogP contribution >= 0.6 is 11.3 Å². The second-order valence-electron chi connectivity index (χ2n) is 6.13. The Morgan fingerprint density at radius 2 is 2.09 bits per heavy atom. The van der Waals surface area contributed by atoms with Crippen molar-refractivity contribution < 1.29 is 14.8 Å². The van der Waals surface area contributed by atoms with Crippen molar-refractivity contribution in [3.05, 3.63) is 45.8 Å². The predicted molar refractivity (Wildman–Crippen MR) is 90.0 cm³/mol. The zero-order valence-corrected chi connectivity index (χ0v) is 13.8. The van der Waals surface area contributed by atoms with Crippen LogP contribution in [-0.4, -0.2) is 24.1 Å². The molecule has 120 valence electrons. The fourth-order valence-electron chi connectivity index (χ4n) is 3.38. The zero-order chi connectivity index (χ0) is 16.0. The third-order valence-electron chi connectivity index (χ3n) is 4.73. The van der Waals surface area contributed by atoms with E-state index in [1.165, 1.54) is 10.4 Å². The predicted octanol–water partition coefficient (Wildman–Crippen LogP) is 1.27. The molecule has 4 rings (SSSR count). The van der Waals surface area contributed by atoms with Crippen molar-refractivity contribution in [3.63, 3.8) is 0 Å². The Balaban J connectivity index is 1.66. The van der Waals surface area contributed by atoms with Crippen LogP contribution in [0.4, 0.5) is 5.00 Å². The second kappa shape index (κ2) is 5.54. The topological polar surface area (TPSA) is 65.8 Å². The molecule has 0 radical (unpaired) electrons. The number of thiophene rings is 1. The molecule has 0 spiro atoms. The summed E-state index contributed by atoms with van der Waals surface area (Å²) in [7, 11) is 0. The van der Waals surface area contributed by atoms with Crippen LogP contribution in [0.3, 0.4) is 0 Å². The molecule has 0 saturated heterocycles. The highest BCUT2D eigenvalue weighted by molar-refractivity contribution is 7.16. The number of nitrogens with one attached hydrogen (secondary N) is 3. The molecule has 2 aromatic rings. The lowest BCUT2D eigenvalue weighted by molar-refractivity contribution is -0.913. The summed E-state index contributed by atoms with van der Waals surface area (Å²) in [6, 6.07) is 6.94. The number of hydrogen-bond acceptors (Lipinski definition) is 4. The van der Waals surface area contributed by atoms with Gasteiger partial charge in [-0.2, -0.15) is 0 Å². The summed E-state index contributed by atoms with van der Waals surface area (Å²) in [5.74, 6) is 0.236. The summed E-state index contributed by atoms with van der Waals surface area (Å²) in [5.41, 5.74) is 3.01. The zero-order valence-electron chi connectivity index (χ0n) is 13.0. The van der Waals surface area contributed by atoms with Crippen LogP contribution in [0.5, 0.6) is 5.75 Å². The lowest BCUT2D eigenvalue weighted by Gasteiger charge is -2.27. The summed E-state index contributed by atoms with van der Waals surface area (Å²) >= 11 is 1.72. The number of phenolic OH excluding ortho intramolecular Hbond substituents is 1. The van der Waals surface area contributed by atoms with Crippen molar-refractivity contribution in [1.82, 2.24) is 5.32 Å². The largest absolute Gasteiger partial charge is 0.508 e. The highest BCUT2D eigenvalue weighted by Gasteiger charge is 2.34. The molecule has 2 aliphatic heterocycles. The van der Waals surface area contributed by atoms with Gasteiger partial charge in [0.25, 0.3) is 5.91 Å². The Morgan fingerprint density at radius 3 is 2.83 bits per heavy atom. The van der Waals surface area contributed by atoms with Crippen molar-refractivity contribution in [1.29, 1.82) is 0 Å². The average Bonchev–Trinajstić information content (AvgIpc) is 2.93.